The van der Waals surface area contributed by atoms with E-state index in [4.69, 9.17) is 0 Å². The summed E-state index contributed by atoms with van der Waals surface area (Å²) in [6, 6.07) is 4.02. The van der Waals surface area contributed by atoms with Crippen molar-refractivity contribution >= 4 is 11.7 Å². The third kappa shape index (κ3) is 4.20. The number of nitrogens with one attached hydrogen (secondary N) is 2. The van der Waals surface area contributed by atoms with E-state index < -0.39 is 0 Å². The molecular weight excluding hydrogens is 290 g/mol. The fourth-order valence-electron chi connectivity index (χ4n) is 3.28. The van der Waals surface area contributed by atoms with Gasteiger partial charge in [-0.25, -0.2) is 4.98 Å². The number of likely N-dealkylation sites (N-methyl/N-ethyl adjacent to an activating group) is 1. The molecule has 0 unspecified atom stereocenters. The normalized spacial score (nSPS) is 20.5. The van der Waals surface area contributed by atoms with E-state index in [0.717, 1.165) is 63.5 Å². The van der Waals surface area contributed by atoms with Gasteiger partial charge in [-0.2, -0.15) is 0 Å². The maximum absolute atomic E-state index is 12.3. The van der Waals surface area contributed by atoms with E-state index in [-0.39, 0.29) is 11.8 Å². The minimum absolute atomic E-state index is 0.153. The van der Waals surface area contributed by atoms with E-state index in [1.165, 1.54) is 0 Å². The highest BCUT2D eigenvalue weighted by Gasteiger charge is 2.22. The predicted molar refractivity (Wildman–Crippen MR) is 91.4 cm³/mol. The molecule has 0 radical (unpaired) electrons. The highest BCUT2D eigenvalue weighted by atomic mass is 16.1. The zero-order chi connectivity index (χ0) is 16.1. The van der Waals surface area contributed by atoms with Gasteiger partial charge in [0.05, 0.1) is 0 Å². The maximum Gasteiger partial charge on any atom is 0.223 e. The fraction of sp³-hybridized carbons (Fsp3) is 0.647. The second-order valence-corrected chi connectivity index (χ2v) is 6.52. The molecule has 1 aromatic rings. The van der Waals surface area contributed by atoms with Crippen LogP contribution in [0.5, 0.6) is 0 Å². The number of anilines is 1. The summed E-state index contributed by atoms with van der Waals surface area (Å²) in [5, 5.41) is 6.41. The molecule has 1 amide bonds. The summed E-state index contributed by atoms with van der Waals surface area (Å²) in [5.74, 6) is 1.35. The first-order valence-corrected chi connectivity index (χ1v) is 8.60. The van der Waals surface area contributed by atoms with E-state index in [1.807, 2.05) is 12.3 Å². The Morgan fingerprint density at radius 2 is 2.04 bits per heavy atom. The van der Waals surface area contributed by atoms with E-state index in [1.54, 1.807) is 0 Å². The summed E-state index contributed by atoms with van der Waals surface area (Å²) in [5.41, 5.74) is 1.11. The molecule has 6 nitrogen and oxygen atoms in total. The zero-order valence-corrected chi connectivity index (χ0v) is 13.9. The minimum atomic E-state index is 0.153. The molecule has 0 atom stereocenters. The van der Waals surface area contributed by atoms with Crippen LogP contribution in [0.4, 0.5) is 5.82 Å². The predicted octanol–water partition coefficient (Wildman–Crippen LogP) is 0.449. The van der Waals surface area contributed by atoms with Crippen LogP contribution in [-0.4, -0.2) is 62.1 Å². The number of piperidine rings is 1. The lowest BCUT2D eigenvalue weighted by Crippen LogP contribution is -2.45. The molecule has 0 aromatic carbocycles. The number of nitrogens with zero attached hydrogens (tertiary/aromatic N) is 3. The van der Waals surface area contributed by atoms with Gasteiger partial charge in [0.1, 0.15) is 5.82 Å². The summed E-state index contributed by atoms with van der Waals surface area (Å²) < 4.78 is 0. The summed E-state index contributed by atoms with van der Waals surface area (Å²) in [6.07, 6.45) is 3.71. The average molecular weight is 317 g/mol. The number of carbonyl (C=O) groups excluding carboxylic acids is 1. The van der Waals surface area contributed by atoms with E-state index in [2.05, 4.69) is 38.5 Å². The third-order valence-corrected chi connectivity index (χ3v) is 4.83. The number of amides is 1. The van der Waals surface area contributed by atoms with Crippen molar-refractivity contribution in [2.75, 3.05) is 51.2 Å². The molecule has 3 rings (SSSR count). The number of pyridine rings is 1. The molecule has 6 heteroatoms. The van der Waals surface area contributed by atoms with Crippen molar-refractivity contribution in [1.29, 1.82) is 0 Å². The van der Waals surface area contributed by atoms with Crippen molar-refractivity contribution in [2.24, 2.45) is 5.92 Å². The Kier molecular flexibility index (Phi) is 5.46. The smallest absolute Gasteiger partial charge is 0.223 e. The third-order valence-electron chi connectivity index (χ3n) is 4.83. The summed E-state index contributed by atoms with van der Waals surface area (Å²) in [6.45, 7) is 6.54. The van der Waals surface area contributed by atoms with Crippen LogP contribution in [0.2, 0.25) is 0 Å². The molecule has 1 aromatic heterocycles. The lowest BCUT2D eigenvalue weighted by molar-refractivity contribution is -0.125. The summed E-state index contributed by atoms with van der Waals surface area (Å²) in [4.78, 5) is 21.5. The Morgan fingerprint density at radius 3 is 2.78 bits per heavy atom. The monoisotopic (exact) mass is 317 g/mol. The van der Waals surface area contributed by atoms with Crippen LogP contribution < -0.4 is 15.5 Å². The largest absolute Gasteiger partial charge is 0.354 e. The molecule has 3 heterocycles. The highest BCUT2D eigenvalue weighted by Crippen LogP contribution is 2.19. The molecule has 0 spiro atoms. The Hall–Kier alpha value is -1.66. The molecule has 0 aliphatic carbocycles. The summed E-state index contributed by atoms with van der Waals surface area (Å²) >= 11 is 0. The zero-order valence-electron chi connectivity index (χ0n) is 13.9. The molecule has 2 fully saturated rings. The van der Waals surface area contributed by atoms with E-state index >= 15 is 0 Å². The first-order valence-electron chi connectivity index (χ1n) is 8.60. The topological polar surface area (TPSA) is 60.5 Å². The maximum atomic E-state index is 12.3. The lowest BCUT2D eigenvalue weighted by Gasteiger charge is -2.34. The van der Waals surface area contributed by atoms with Crippen LogP contribution >= 0.6 is 0 Å². The van der Waals surface area contributed by atoms with Gasteiger partial charge in [-0.3, -0.25) is 4.79 Å². The van der Waals surface area contributed by atoms with Crippen molar-refractivity contribution in [3.05, 3.63) is 23.9 Å². The molecule has 2 N–H and O–H groups in total. The second kappa shape index (κ2) is 7.75. The quantitative estimate of drug-likeness (QED) is 0.844. The second-order valence-electron chi connectivity index (χ2n) is 6.52. The van der Waals surface area contributed by atoms with Crippen LogP contribution in [0.1, 0.15) is 18.4 Å². The van der Waals surface area contributed by atoms with Crippen LogP contribution in [0, 0.1) is 5.92 Å². The molecule has 2 aliphatic heterocycles. The Bertz CT molecular complexity index is 521. The van der Waals surface area contributed by atoms with Gasteiger partial charge >= 0.3 is 0 Å². The van der Waals surface area contributed by atoms with Crippen LogP contribution in [0.25, 0.3) is 0 Å². The van der Waals surface area contributed by atoms with Gasteiger partial charge in [0.2, 0.25) is 5.91 Å². The van der Waals surface area contributed by atoms with Crippen LogP contribution in [0.15, 0.2) is 18.3 Å². The van der Waals surface area contributed by atoms with Crippen molar-refractivity contribution in [3.63, 3.8) is 0 Å². The molecule has 126 valence electrons. The van der Waals surface area contributed by atoms with Crippen molar-refractivity contribution in [3.8, 4) is 0 Å². The Labute approximate surface area is 138 Å². The van der Waals surface area contributed by atoms with Gasteiger partial charge in [-0.1, -0.05) is 6.07 Å². The van der Waals surface area contributed by atoms with Gasteiger partial charge < -0.3 is 20.4 Å². The number of aromatic nitrogens is 1. The molecule has 23 heavy (non-hydrogen) atoms. The average Bonchev–Trinajstić information content (AvgIpc) is 2.61. The first kappa shape index (κ1) is 16.2. The van der Waals surface area contributed by atoms with Crippen molar-refractivity contribution in [1.82, 2.24) is 20.5 Å². The SMILES string of the molecule is CN1CCN(c2ncccc2CNC(=O)C2CCNCC2)CC1. The van der Waals surface area contributed by atoms with E-state index in [9.17, 15) is 4.79 Å². The van der Waals surface area contributed by atoms with Crippen LogP contribution in [-0.2, 0) is 11.3 Å². The first-order chi connectivity index (χ1) is 11.2. The van der Waals surface area contributed by atoms with Crippen molar-refractivity contribution < 1.29 is 4.79 Å². The number of hydrogen-bond acceptors (Lipinski definition) is 5. The molecule has 0 saturated carbocycles. The van der Waals surface area contributed by atoms with Gasteiger partial charge in [-0.15, -0.1) is 0 Å². The standard InChI is InChI=1S/C17H27N5O/c1-21-9-11-22(12-10-21)16-15(3-2-6-19-16)13-20-17(23)14-4-7-18-8-5-14/h2-3,6,14,18H,4-5,7-13H2,1H3,(H,20,23). The van der Waals surface area contributed by atoms with Gasteiger partial charge in [0, 0.05) is 50.4 Å². The van der Waals surface area contributed by atoms with Gasteiger partial charge in [0.25, 0.3) is 0 Å². The Morgan fingerprint density at radius 1 is 1.30 bits per heavy atom. The number of carbonyl (C=O) groups is 1. The Balaban J connectivity index is 1.60. The molecule has 2 aliphatic rings. The van der Waals surface area contributed by atoms with E-state index in [0.29, 0.717) is 6.54 Å². The highest BCUT2D eigenvalue weighted by molar-refractivity contribution is 5.78. The number of piperazine rings is 1. The summed E-state index contributed by atoms with van der Waals surface area (Å²) in [7, 11) is 2.15. The molecule has 0 bridgehead atoms. The van der Waals surface area contributed by atoms with Crippen molar-refractivity contribution in [2.45, 2.75) is 19.4 Å². The van der Waals surface area contributed by atoms with Gasteiger partial charge in [-0.05, 0) is 39.0 Å². The minimum Gasteiger partial charge on any atom is -0.354 e. The number of rotatable bonds is 4. The van der Waals surface area contributed by atoms with Gasteiger partial charge in [0.15, 0.2) is 0 Å². The molecule has 2 saturated heterocycles. The lowest BCUT2D eigenvalue weighted by atomic mass is 9.97. The molecular formula is C17H27N5O. The number of hydrogen-bond donors (Lipinski definition) is 2. The fourth-order valence-corrected chi connectivity index (χ4v) is 3.28. The van der Waals surface area contributed by atoms with Crippen LogP contribution in [0.3, 0.4) is 0 Å².